The Bertz CT molecular complexity index is 1140. The summed E-state index contributed by atoms with van der Waals surface area (Å²) in [6.45, 7) is 4.29. The molecule has 6 heteroatoms. The van der Waals surface area contributed by atoms with Crippen molar-refractivity contribution in [3.8, 4) is 0 Å². The van der Waals surface area contributed by atoms with Gasteiger partial charge in [0.2, 0.25) is 0 Å². The largest absolute Gasteiger partial charge is 0.386 e. The van der Waals surface area contributed by atoms with Crippen LogP contribution in [0.1, 0.15) is 25.2 Å². The van der Waals surface area contributed by atoms with Crippen LogP contribution in [0.2, 0.25) is 0 Å². The Balaban J connectivity index is 1.61. The second-order valence-corrected chi connectivity index (χ2v) is 8.28. The number of pyridine rings is 2. The van der Waals surface area contributed by atoms with Gasteiger partial charge in [-0.2, -0.15) is 0 Å². The van der Waals surface area contributed by atoms with Crippen LogP contribution in [0.5, 0.6) is 0 Å². The Kier molecular flexibility index (Phi) is 6.45. The molecule has 0 unspecified atom stereocenters. The van der Waals surface area contributed by atoms with E-state index in [4.69, 9.17) is 9.97 Å². The zero-order valence-electron chi connectivity index (χ0n) is 19.5. The van der Waals surface area contributed by atoms with Crippen LogP contribution in [0.25, 0.3) is 0 Å². The molecule has 0 aliphatic rings. The van der Waals surface area contributed by atoms with Crippen molar-refractivity contribution in [3.05, 3.63) is 96.3 Å². The lowest BCUT2D eigenvalue weighted by atomic mass is 9.84. The molecule has 0 bridgehead atoms. The van der Waals surface area contributed by atoms with Crippen LogP contribution in [0.15, 0.2) is 84.9 Å². The number of anilines is 6. The highest BCUT2D eigenvalue weighted by molar-refractivity contribution is 5.74. The molecule has 0 aliphatic heterocycles. The molecular formula is C27H30N6. The Morgan fingerprint density at radius 2 is 0.909 bits per heavy atom. The van der Waals surface area contributed by atoms with E-state index in [2.05, 4.69) is 35.1 Å². The first kappa shape index (κ1) is 22.1. The van der Waals surface area contributed by atoms with Crippen LogP contribution < -0.4 is 21.3 Å². The standard InChI is InChI=1S/C27H30N6/c1-27(2,23-15-9-17-25(32-23)30-21-13-7-5-11-19(21)28-3)24-16-10-18-26(33-24)31-22-14-8-6-12-20(22)29-4/h5-18,28-29H,1-4H3,(H,30,32)(H,31,33). The molecule has 6 nitrogen and oxygen atoms in total. The summed E-state index contributed by atoms with van der Waals surface area (Å²) in [6.07, 6.45) is 0. The summed E-state index contributed by atoms with van der Waals surface area (Å²) in [4.78, 5) is 9.85. The number of hydrogen-bond acceptors (Lipinski definition) is 6. The predicted molar refractivity (Wildman–Crippen MR) is 139 cm³/mol. The third-order valence-electron chi connectivity index (χ3n) is 5.70. The molecule has 0 saturated heterocycles. The Labute approximate surface area is 195 Å². The summed E-state index contributed by atoms with van der Waals surface area (Å²) >= 11 is 0. The maximum Gasteiger partial charge on any atom is 0.130 e. The van der Waals surface area contributed by atoms with Crippen LogP contribution in [0.4, 0.5) is 34.4 Å². The molecule has 2 aromatic carbocycles. The number of nitrogens with one attached hydrogen (secondary N) is 4. The van der Waals surface area contributed by atoms with Gasteiger partial charge >= 0.3 is 0 Å². The van der Waals surface area contributed by atoms with Crippen molar-refractivity contribution in [2.75, 3.05) is 35.4 Å². The van der Waals surface area contributed by atoms with Crippen molar-refractivity contribution in [1.82, 2.24) is 9.97 Å². The van der Waals surface area contributed by atoms with E-state index in [1.165, 1.54) is 0 Å². The Hall–Kier alpha value is -4.06. The van der Waals surface area contributed by atoms with Gasteiger partial charge < -0.3 is 21.3 Å². The lowest BCUT2D eigenvalue weighted by Gasteiger charge is -2.25. The molecule has 0 spiro atoms. The molecule has 168 valence electrons. The van der Waals surface area contributed by atoms with E-state index in [0.29, 0.717) is 0 Å². The topological polar surface area (TPSA) is 73.9 Å². The lowest BCUT2D eigenvalue weighted by Crippen LogP contribution is -2.22. The van der Waals surface area contributed by atoms with Crippen molar-refractivity contribution >= 4 is 34.4 Å². The van der Waals surface area contributed by atoms with Gasteiger partial charge in [0.15, 0.2) is 0 Å². The van der Waals surface area contributed by atoms with E-state index in [0.717, 1.165) is 45.8 Å². The summed E-state index contributed by atoms with van der Waals surface area (Å²) in [7, 11) is 3.82. The molecule has 4 aromatic rings. The summed E-state index contributed by atoms with van der Waals surface area (Å²) in [5.41, 5.74) is 5.49. The maximum atomic E-state index is 4.92. The number of aromatic nitrogens is 2. The number of para-hydroxylation sites is 4. The molecule has 0 fully saturated rings. The summed E-state index contributed by atoms with van der Waals surface area (Å²) in [5.74, 6) is 1.58. The van der Waals surface area contributed by atoms with Crippen LogP contribution in [0.3, 0.4) is 0 Å². The van der Waals surface area contributed by atoms with Gasteiger partial charge in [-0.15, -0.1) is 0 Å². The van der Waals surface area contributed by atoms with Gasteiger partial charge in [-0.1, -0.05) is 36.4 Å². The van der Waals surface area contributed by atoms with Crippen LogP contribution in [0, 0.1) is 0 Å². The third-order valence-corrected chi connectivity index (χ3v) is 5.70. The van der Waals surface area contributed by atoms with Crippen LogP contribution in [-0.4, -0.2) is 24.1 Å². The molecule has 0 aliphatic carbocycles. The monoisotopic (exact) mass is 438 g/mol. The van der Waals surface area contributed by atoms with E-state index in [1.807, 2.05) is 99.0 Å². The summed E-state index contributed by atoms with van der Waals surface area (Å²) < 4.78 is 0. The maximum absolute atomic E-state index is 4.92. The number of rotatable bonds is 8. The van der Waals surface area contributed by atoms with Crippen molar-refractivity contribution in [3.63, 3.8) is 0 Å². The Morgan fingerprint density at radius 3 is 1.30 bits per heavy atom. The van der Waals surface area contributed by atoms with Crippen LogP contribution in [-0.2, 0) is 5.41 Å². The van der Waals surface area contributed by atoms with Gasteiger partial charge in [-0.05, 0) is 62.4 Å². The van der Waals surface area contributed by atoms with E-state index >= 15 is 0 Å². The molecule has 4 rings (SSSR count). The van der Waals surface area contributed by atoms with E-state index in [1.54, 1.807) is 0 Å². The van der Waals surface area contributed by atoms with E-state index < -0.39 is 0 Å². The molecule has 0 amide bonds. The fourth-order valence-corrected chi connectivity index (χ4v) is 3.73. The number of benzene rings is 2. The van der Waals surface area contributed by atoms with Gasteiger partial charge in [0, 0.05) is 19.5 Å². The minimum absolute atomic E-state index is 0.388. The smallest absolute Gasteiger partial charge is 0.130 e. The molecular weight excluding hydrogens is 408 g/mol. The fourth-order valence-electron chi connectivity index (χ4n) is 3.73. The van der Waals surface area contributed by atoms with E-state index in [-0.39, 0.29) is 5.41 Å². The molecule has 4 N–H and O–H groups in total. The quantitative estimate of drug-likeness (QED) is 0.256. The molecule has 2 aromatic heterocycles. The highest BCUT2D eigenvalue weighted by atomic mass is 15.0. The second kappa shape index (κ2) is 9.61. The molecule has 0 atom stereocenters. The normalized spacial score (nSPS) is 11.0. The van der Waals surface area contributed by atoms with Crippen molar-refractivity contribution < 1.29 is 0 Å². The first-order valence-corrected chi connectivity index (χ1v) is 11.0. The SMILES string of the molecule is CNc1ccccc1Nc1cccc(C(C)(C)c2cccc(Nc3ccccc3NC)n2)n1. The van der Waals surface area contributed by atoms with Gasteiger partial charge in [-0.25, -0.2) is 9.97 Å². The Morgan fingerprint density at radius 1 is 0.515 bits per heavy atom. The zero-order chi connectivity index (χ0) is 23.3. The molecule has 2 heterocycles. The first-order chi connectivity index (χ1) is 16.0. The highest BCUT2D eigenvalue weighted by Gasteiger charge is 2.27. The predicted octanol–water partition coefficient (Wildman–Crippen LogP) is 6.37. The number of nitrogens with zero attached hydrogens (tertiary/aromatic N) is 2. The molecule has 0 saturated carbocycles. The van der Waals surface area contributed by atoms with Gasteiger partial charge in [0.05, 0.1) is 34.1 Å². The average molecular weight is 439 g/mol. The minimum atomic E-state index is -0.388. The van der Waals surface area contributed by atoms with Crippen molar-refractivity contribution in [2.24, 2.45) is 0 Å². The highest BCUT2D eigenvalue weighted by Crippen LogP contribution is 2.32. The zero-order valence-corrected chi connectivity index (χ0v) is 19.5. The third kappa shape index (κ3) is 4.90. The summed E-state index contributed by atoms with van der Waals surface area (Å²) in [5, 5.41) is 13.3. The fraction of sp³-hybridized carbons (Fsp3) is 0.185. The van der Waals surface area contributed by atoms with Crippen LogP contribution >= 0.6 is 0 Å². The number of hydrogen-bond donors (Lipinski definition) is 4. The van der Waals surface area contributed by atoms with Gasteiger partial charge in [0.1, 0.15) is 11.6 Å². The van der Waals surface area contributed by atoms with E-state index in [9.17, 15) is 0 Å². The second-order valence-electron chi connectivity index (χ2n) is 8.28. The van der Waals surface area contributed by atoms with Gasteiger partial charge in [-0.3, -0.25) is 0 Å². The molecule has 0 radical (unpaired) electrons. The minimum Gasteiger partial charge on any atom is -0.386 e. The van der Waals surface area contributed by atoms with Gasteiger partial charge in [0.25, 0.3) is 0 Å². The molecule has 33 heavy (non-hydrogen) atoms. The summed E-state index contributed by atoms with van der Waals surface area (Å²) in [6, 6.07) is 28.3. The van der Waals surface area contributed by atoms with Crippen molar-refractivity contribution in [2.45, 2.75) is 19.3 Å². The first-order valence-electron chi connectivity index (χ1n) is 11.0. The lowest BCUT2D eigenvalue weighted by molar-refractivity contribution is 0.597. The average Bonchev–Trinajstić information content (AvgIpc) is 2.85. The van der Waals surface area contributed by atoms with Crippen molar-refractivity contribution in [1.29, 1.82) is 0 Å².